The van der Waals surface area contributed by atoms with Crippen LogP contribution in [0.2, 0.25) is 0 Å². The van der Waals surface area contributed by atoms with Gasteiger partial charge < -0.3 is 18.9 Å². The van der Waals surface area contributed by atoms with E-state index in [0.717, 1.165) is 0 Å². The predicted octanol–water partition coefficient (Wildman–Crippen LogP) is 5.74. The first kappa shape index (κ1) is 32.3. The average molecular weight is 534 g/mol. The van der Waals surface area contributed by atoms with Crippen LogP contribution in [0.1, 0.15) is 49.2 Å². The van der Waals surface area contributed by atoms with E-state index in [1.807, 2.05) is 0 Å². The molecule has 0 fully saturated rings. The molecule has 0 saturated heterocycles. The van der Waals surface area contributed by atoms with Crippen LogP contribution in [0.4, 0.5) is 26.3 Å². The zero-order valence-electron chi connectivity index (χ0n) is 19.3. The van der Waals surface area contributed by atoms with E-state index >= 15 is 0 Å². The van der Waals surface area contributed by atoms with Crippen molar-refractivity contribution in [2.75, 3.05) is 13.2 Å². The molecule has 3 atom stereocenters. The number of carbonyl (C=O) groups excluding carboxylic acids is 1. The molecule has 0 spiro atoms. The molecular weight excluding hydrogens is 508 g/mol. The molecule has 0 aliphatic rings. The topological polar surface area (TPSA) is 54.0 Å². The molecule has 196 valence electrons. The number of halogens is 6. The molecule has 0 bridgehead atoms. The summed E-state index contributed by atoms with van der Waals surface area (Å²) in [5.74, 6) is 0.286. The summed E-state index contributed by atoms with van der Waals surface area (Å²) in [7, 11) is -1.11. The van der Waals surface area contributed by atoms with Crippen molar-refractivity contribution < 1.29 is 50.1 Å². The van der Waals surface area contributed by atoms with Gasteiger partial charge in [0.2, 0.25) is 0 Å². The Labute approximate surface area is 218 Å². The Hall–Kier alpha value is -1.76. The van der Waals surface area contributed by atoms with Crippen LogP contribution in [0.15, 0.2) is 36.4 Å². The SMILES string of the molecule is CCOC(C)Oc1ccc(PC(=O)c2c(C(F)(F)F)cccc2C(F)(F)F)c(OC(C)OCC)c1.[LiH]. The van der Waals surface area contributed by atoms with Crippen LogP contribution in [0.5, 0.6) is 11.5 Å². The van der Waals surface area contributed by atoms with Gasteiger partial charge in [0.1, 0.15) is 11.5 Å². The fourth-order valence-electron chi connectivity index (χ4n) is 3.14. The standard InChI is InChI=1S/C23H25F6O5P.Li.H/c1-5-31-13(3)33-15-10-11-19(18(12-15)34-14(4)32-6-2)35-21(30)20-16(22(24,25)26)8-7-9-17(20)23(27,28)29;;/h7-14,35H,5-6H2,1-4H3;;. The van der Waals surface area contributed by atoms with E-state index in [1.54, 1.807) is 27.7 Å². The Morgan fingerprint density at radius 1 is 0.861 bits per heavy atom. The summed E-state index contributed by atoms with van der Waals surface area (Å²) in [6.07, 6.45) is -11.8. The van der Waals surface area contributed by atoms with Crippen molar-refractivity contribution in [2.45, 2.75) is 52.6 Å². The fourth-order valence-corrected chi connectivity index (χ4v) is 4.20. The van der Waals surface area contributed by atoms with Crippen molar-refractivity contribution in [2.24, 2.45) is 0 Å². The van der Waals surface area contributed by atoms with Crippen LogP contribution in [0.3, 0.4) is 0 Å². The molecule has 0 heterocycles. The van der Waals surface area contributed by atoms with Crippen LogP contribution in [0, 0.1) is 0 Å². The molecule has 5 nitrogen and oxygen atoms in total. The van der Waals surface area contributed by atoms with E-state index in [0.29, 0.717) is 24.8 Å². The van der Waals surface area contributed by atoms with Crippen LogP contribution in [0.25, 0.3) is 0 Å². The van der Waals surface area contributed by atoms with Crippen molar-refractivity contribution in [1.29, 1.82) is 0 Å². The Kier molecular flexibility index (Phi) is 12.3. The second kappa shape index (κ2) is 13.7. The number of alkyl halides is 6. The van der Waals surface area contributed by atoms with Gasteiger partial charge >= 0.3 is 31.2 Å². The van der Waals surface area contributed by atoms with Gasteiger partial charge in [-0.25, -0.2) is 0 Å². The third-order valence-electron chi connectivity index (χ3n) is 4.50. The van der Waals surface area contributed by atoms with Crippen LogP contribution >= 0.6 is 8.58 Å². The Morgan fingerprint density at radius 3 is 1.83 bits per heavy atom. The summed E-state index contributed by atoms with van der Waals surface area (Å²) in [6, 6.07) is 5.67. The zero-order chi connectivity index (χ0) is 26.4. The number of rotatable bonds is 11. The monoisotopic (exact) mass is 534 g/mol. The summed E-state index contributed by atoms with van der Waals surface area (Å²) >= 11 is 0. The third-order valence-corrected chi connectivity index (χ3v) is 5.66. The van der Waals surface area contributed by atoms with E-state index in [4.69, 9.17) is 18.9 Å². The molecule has 2 aromatic rings. The summed E-state index contributed by atoms with van der Waals surface area (Å²) < 4.78 is 103. The molecule has 2 rings (SSSR count). The van der Waals surface area contributed by atoms with Gasteiger partial charge in [0.15, 0.2) is 18.1 Å². The van der Waals surface area contributed by atoms with Crippen LogP contribution in [-0.4, -0.2) is 50.2 Å². The van der Waals surface area contributed by atoms with Gasteiger partial charge in [0.25, 0.3) is 0 Å². The Bertz CT molecular complexity index is 983. The first-order chi connectivity index (χ1) is 16.3. The maximum absolute atomic E-state index is 13.5. The van der Waals surface area contributed by atoms with Crippen molar-refractivity contribution in [3.05, 3.63) is 53.1 Å². The van der Waals surface area contributed by atoms with Gasteiger partial charge in [0.05, 0.1) is 11.1 Å². The van der Waals surface area contributed by atoms with E-state index in [-0.39, 0.29) is 42.3 Å². The molecule has 0 saturated carbocycles. The van der Waals surface area contributed by atoms with E-state index in [2.05, 4.69) is 0 Å². The molecule has 0 aliphatic heterocycles. The molecule has 0 amide bonds. The third kappa shape index (κ3) is 8.96. The summed E-state index contributed by atoms with van der Waals surface area (Å²) in [6.45, 7) is 7.32. The fraction of sp³-hybridized carbons (Fsp3) is 0.435. The van der Waals surface area contributed by atoms with E-state index in [1.165, 1.54) is 18.2 Å². The van der Waals surface area contributed by atoms with Gasteiger partial charge in [-0.15, -0.1) is 0 Å². The second-order valence-corrected chi connectivity index (χ2v) is 8.36. The van der Waals surface area contributed by atoms with Crippen molar-refractivity contribution in [1.82, 2.24) is 0 Å². The first-order valence-corrected chi connectivity index (χ1v) is 11.6. The van der Waals surface area contributed by atoms with E-state index in [9.17, 15) is 31.1 Å². The van der Waals surface area contributed by atoms with Crippen molar-refractivity contribution >= 4 is 38.3 Å². The maximum atomic E-state index is 13.5. The number of hydrogen-bond acceptors (Lipinski definition) is 5. The molecule has 13 heteroatoms. The summed E-state index contributed by atoms with van der Waals surface area (Å²) in [5, 5.41) is 0.0862. The number of hydrogen-bond donors (Lipinski definition) is 0. The van der Waals surface area contributed by atoms with Gasteiger partial charge in [-0.1, -0.05) is 6.07 Å². The molecule has 2 aromatic carbocycles. The van der Waals surface area contributed by atoms with Gasteiger partial charge in [0, 0.05) is 30.1 Å². The predicted molar refractivity (Wildman–Crippen MR) is 126 cm³/mol. The first-order valence-electron chi connectivity index (χ1n) is 10.6. The van der Waals surface area contributed by atoms with Crippen molar-refractivity contribution in [3.63, 3.8) is 0 Å². The molecule has 0 aliphatic carbocycles. The molecule has 0 N–H and O–H groups in total. The van der Waals surface area contributed by atoms with Gasteiger partial charge in [-0.05, 0) is 60.5 Å². The Morgan fingerprint density at radius 2 is 1.36 bits per heavy atom. The van der Waals surface area contributed by atoms with Crippen LogP contribution in [-0.2, 0) is 21.8 Å². The minimum atomic E-state index is -5.16. The van der Waals surface area contributed by atoms with E-state index < -0.39 is 55.7 Å². The number of benzene rings is 2. The molecule has 3 unspecified atom stereocenters. The summed E-state index contributed by atoms with van der Waals surface area (Å²) in [4.78, 5) is 12.9. The number of carbonyl (C=O) groups is 1. The second-order valence-electron chi connectivity index (χ2n) is 7.12. The number of ether oxygens (including phenoxy) is 4. The average Bonchev–Trinajstić information content (AvgIpc) is 2.74. The van der Waals surface area contributed by atoms with Crippen LogP contribution < -0.4 is 14.8 Å². The minimum absolute atomic E-state index is 0. The van der Waals surface area contributed by atoms with Gasteiger partial charge in [-0.2, -0.15) is 26.3 Å². The van der Waals surface area contributed by atoms with Gasteiger partial charge in [-0.3, -0.25) is 4.79 Å². The normalized spacial score (nSPS) is 13.8. The molecule has 36 heavy (non-hydrogen) atoms. The molecular formula is C23H26F6LiO5P. The molecule has 0 aromatic heterocycles. The Balaban J connectivity index is 0.00000648. The molecule has 0 radical (unpaired) electrons. The summed E-state index contributed by atoms with van der Waals surface area (Å²) in [5.41, 5.74) is -6.07. The zero-order valence-corrected chi connectivity index (χ0v) is 20.3. The quantitative estimate of drug-likeness (QED) is 0.159. The van der Waals surface area contributed by atoms with Crippen molar-refractivity contribution in [3.8, 4) is 11.5 Å².